The van der Waals surface area contributed by atoms with E-state index < -0.39 is 0 Å². The third-order valence-electron chi connectivity index (χ3n) is 3.20. The van der Waals surface area contributed by atoms with Crippen molar-refractivity contribution in [3.8, 4) is 5.75 Å². The molecule has 0 amide bonds. The summed E-state index contributed by atoms with van der Waals surface area (Å²) in [4.78, 5) is 0. The zero-order chi connectivity index (χ0) is 14.1. The maximum atomic E-state index is 5.80. The van der Waals surface area contributed by atoms with Crippen LogP contribution < -0.4 is 10.1 Å². The molecule has 0 bridgehead atoms. The highest BCUT2D eigenvalue weighted by Gasteiger charge is 2.07. The van der Waals surface area contributed by atoms with Crippen molar-refractivity contribution < 1.29 is 9.47 Å². The van der Waals surface area contributed by atoms with Crippen LogP contribution >= 0.6 is 0 Å². The van der Waals surface area contributed by atoms with Gasteiger partial charge >= 0.3 is 0 Å². The molecule has 0 aliphatic rings. The van der Waals surface area contributed by atoms with E-state index in [4.69, 9.17) is 9.47 Å². The van der Waals surface area contributed by atoms with Gasteiger partial charge in [-0.1, -0.05) is 19.9 Å². The molecular weight excluding hydrogens is 238 g/mol. The van der Waals surface area contributed by atoms with Crippen LogP contribution in [-0.2, 0) is 17.9 Å². The molecule has 0 aliphatic carbocycles. The second-order valence-electron chi connectivity index (χ2n) is 4.85. The van der Waals surface area contributed by atoms with E-state index in [2.05, 4.69) is 38.2 Å². The first-order chi connectivity index (χ1) is 9.21. The normalized spacial score (nSPS) is 12.4. The molecule has 1 aromatic rings. The molecule has 3 nitrogen and oxygen atoms in total. The quantitative estimate of drug-likeness (QED) is 0.693. The van der Waals surface area contributed by atoms with Gasteiger partial charge in [0.15, 0.2) is 0 Å². The third kappa shape index (κ3) is 5.62. The molecule has 0 fully saturated rings. The minimum Gasteiger partial charge on any atom is -0.496 e. The van der Waals surface area contributed by atoms with Crippen molar-refractivity contribution in [1.29, 1.82) is 0 Å². The molecule has 0 aromatic heterocycles. The third-order valence-corrected chi connectivity index (χ3v) is 3.20. The second kappa shape index (κ2) is 8.94. The Morgan fingerprint density at radius 2 is 2.05 bits per heavy atom. The Hall–Kier alpha value is -1.06. The Morgan fingerprint density at radius 3 is 2.68 bits per heavy atom. The van der Waals surface area contributed by atoms with Crippen LogP contribution in [0.3, 0.4) is 0 Å². The molecule has 0 radical (unpaired) electrons. The predicted molar refractivity (Wildman–Crippen MR) is 79.5 cm³/mol. The van der Waals surface area contributed by atoms with E-state index in [9.17, 15) is 0 Å². The largest absolute Gasteiger partial charge is 0.496 e. The Morgan fingerprint density at radius 1 is 1.26 bits per heavy atom. The van der Waals surface area contributed by atoms with Crippen molar-refractivity contribution in [2.75, 3.05) is 13.7 Å². The summed E-state index contributed by atoms with van der Waals surface area (Å²) in [5.74, 6) is 0.905. The second-order valence-corrected chi connectivity index (χ2v) is 4.85. The van der Waals surface area contributed by atoms with Gasteiger partial charge in [-0.15, -0.1) is 0 Å². The Kier molecular flexibility index (Phi) is 7.53. The fourth-order valence-corrected chi connectivity index (χ4v) is 1.81. The highest BCUT2D eigenvalue weighted by Crippen LogP contribution is 2.21. The summed E-state index contributed by atoms with van der Waals surface area (Å²) in [6, 6.07) is 6.30. The highest BCUT2D eigenvalue weighted by molar-refractivity contribution is 5.36. The summed E-state index contributed by atoms with van der Waals surface area (Å²) < 4.78 is 11.2. The van der Waals surface area contributed by atoms with E-state index >= 15 is 0 Å². The van der Waals surface area contributed by atoms with E-state index in [1.54, 1.807) is 7.11 Å². The first-order valence-corrected chi connectivity index (χ1v) is 7.19. The SMILES string of the molecule is CCCNCc1ccc(OC)c(COC(C)CC)c1. The summed E-state index contributed by atoms with van der Waals surface area (Å²) in [6.07, 6.45) is 2.46. The van der Waals surface area contributed by atoms with E-state index in [1.807, 2.05) is 6.07 Å². The van der Waals surface area contributed by atoms with Gasteiger partial charge in [-0.05, 0) is 44.0 Å². The fourth-order valence-electron chi connectivity index (χ4n) is 1.81. The lowest BCUT2D eigenvalue weighted by atomic mass is 10.1. The molecule has 19 heavy (non-hydrogen) atoms. The van der Waals surface area contributed by atoms with E-state index in [-0.39, 0.29) is 6.10 Å². The number of hydrogen-bond acceptors (Lipinski definition) is 3. The lowest BCUT2D eigenvalue weighted by Gasteiger charge is -2.14. The van der Waals surface area contributed by atoms with Crippen molar-refractivity contribution in [1.82, 2.24) is 5.32 Å². The number of nitrogens with one attached hydrogen (secondary N) is 1. The molecule has 1 aromatic carbocycles. The summed E-state index contributed by atoms with van der Waals surface area (Å²) in [5, 5.41) is 3.41. The standard InChI is InChI=1S/C16H27NO2/c1-5-9-17-11-14-7-8-16(18-4)15(10-14)12-19-13(3)6-2/h7-8,10,13,17H,5-6,9,11-12H2,1-4H3. The number of ether oxygens (including phenoxy) is 2. The molecule has 0 heterocycles. The Balaban J connectivity index is 2.66. The maximum absolute atomic E-state index is 5.80. The molecule has 3 heteroatoms. The minimum atomic E-state index is 0.284. The zero-order valence-electron chi connectivity index (χ0n) is 12.7. The summed E-state index contributed by atoms with van der Waals surface area (Å²) in [5.41, 5.74) is 2.40. The van der Waals surface area contributed by atoms with Crippen LogP contribution in [0.2, 0.25) is 0 Å². The van der Waals surface area contributed by atoms with Gasteiger partial charge < -0.3 is 14.8 Å². The first-order valence-electron chi connectivity index (χ1n) is 7.19. The molecule has 0 spiro atoms. The molecule has 1 rings (SSSR count). The van der Waals surface area contributed by atoms with E-state index in [0.717, 1.165) is 37.2 Å². The number of benzene rings is 1. The minimum absolute atomic E-state index is 0.284. The molecule has 1 unspecified atom stereocenters. The van der Waals surface area contributed by atoms with Crippen LogP contribution in [-0.4, -0.2) is 19.8 Å². The number of rotatable bonds is 9. The van der Waals surface area contributed by atoms with Crippen LogP contribution in [0.1, 0.15) is 44.7 Å². The Labute approximate surface area is 117 Å². The highest BCUT2D eigenvalue weighted by atomic mass is 16.5. The first kappa shape index (κ1) is 16.0. The molecular formula is C16H27NO2. The summed E-state index contributed by atoms with van der Waals surface area (Å²) in [7, 11) is 1.71. The topological polar surface area (TPSA) is 30.5 Å². The molecule has 108 valence electrons. The molecule has 0 saturated heterocycles. The monoisotopic (exact) mass is 265 g/mol. The van der Waals surface area contributed by atoms with Gasteiger partial charge in [0.2, 0.25) is 0 Å². The van der Waals surface area contributed by atoms with E-state index in [0.29, 0.717) is 6.61 Å². The van der Waals surface area contributed by atoms with Crippen LogP contribution in [0.15, 0.2) is 18.2 Å². The Bertz CT molecular complexity index is 366. The van der Waals surface area contributed by atoms with Crippen LogP contribution in [0.25, 0.3) is 0 Å². The smallest absolute Gasteiger partial charge is 0.124 e. The van der Waals surface area contributed by atoms with Gasteiger partial charge in [0.05, 0.1) is 19.8 Å². The van der Waals surface area contributed by atoms with Crippen LogP contribution in [0.4, 0.5) is 0 Å². The van der Waals surface area contributed by atoms with Gasteiger partial charge in [0.25, 0.3) is 0 Å². The van der Waals surface area contributed by atoms with E-state index in [1.165, 1.54) is 5.56 Å². The van der Waals surface area contributed by atoms with Crippen LogP contribution in [0.5, 0.6) is 5.75 Å². The average molecular weight is 265 g/mol. The van der Waals surface area contributed by atoms with Gasteiger partial charge in [-0.2, -0.15) is 0 Å². The van der Waals surface area contributed by atoms with Crippen molar-refractivity contribution in [3.63, 3.8) is 0 Å². The molecule has 0 aliphatic heterocycles. The van der Waals surface area contributed by atoms with Gasteiger partial charge in [-0.25, -0.2) is 0 Å². The predicted octanol–water partition coefficient (Wildman–Crippen LogP) is 3.51. The van der Waals surface area contributed by atoms with Gasteiger partial charge in [-0.3, -0.25) is 0 Å². The van der Waals surface area contributed by atoms with Gasteiger partial charge in [0.1, 0.15) is 5.75 Å². The summed E-state index contributed by atoms with van der Waals surface area (Å²) >= 11 is 0. The zero-order valence-corrected chi connectivity index (χ0v) is 12.7. The molecule has 0 saturated carbocycles. The maximum Gasteiger partial charge on any atom is 0.124 e. The fraction of sp³-hybridized carbons (Fsp3) is 0.625. The lowest BCUT2D eigenvalue weighted by molar-refractivity contribution is 0.0497. The average Bonchev–Trinajstić information content (AvgIpc) is 2.45. The van der Waals surface area contributed by atoms with Crippen molar-refractivity contribution >= 4 is 0 Å². The van der Waals surface area contributed by atoms with Crippen molar-refractivity contribution in [3.05, 3.63) is 29.3 Å². The number of methoxy groups -OCH3 is 1. The lowest BCUT2D eigenvalue weighted by Crippen LogP contribution is -2.14. The molecule has 1 N–H and O–H groups in total. The summed E-state index contributed by atoms with van der Waals surface area (Å²) in [6.45, 7) is 8.96. The van der Waals surface area contributed by atoms with Crippen LogP contribution in [0, 0.1) is 0 Å². The van der Waals surface area contributed by atoms with Crippen molar-refractivity contribution in [2.24, 2.45) is 0 Å². The van der Waals surface area contributed by atoms with Crippen molar-refractivity contribution in [2.45, 2.75) is 52.9 Å². The van der Waals surface area contributed by atoms with Gasteiger partial charge in [0, 0.05) is 12.1 Å². The number of hydrogen-bond donors (Lipinski definition) is 1. The molecule has 1 atom stereocenters.